The van der Waals surface area contributed by atoms with Crippen LogP contribution in [-0.4, -0.2) is 21.3 Å². The van der Waals surface area contributed by atoms with Crippen LogP contribution in [0, 0.1) is 11.5 Å². The van der Waals surface area contributed by atoms with Gasteiger partial charge in [0.05, 0.1) is 11.2 Å². The lowest BCUT2D eigenvalue weighted by atomic mass is 10.1. The summed E-state index contributed by atoms with van der Waals surface area (Å²) in [7, 11) is 0. The molecule has 7 nitrogen and oxygen atoms in total. The van der Waals surface area contributed by atoms with Gasteiger partial charge in [-0.1, -0.05) is 12.1 Å². The zero-order chi connectivity index (χ0) is 16.3. The lowest BCUT2D eigenvalue weighted by Crippen LogP contribution is -2.26. The molecule has 0 spiro atoms. The third-order valence-corrected chi connectivity index (χ3v) is 3.27. The fourth-order valence-electron chi connectivity index (χ4n) is 2.33. The first kappa shape index (κ1) is 15.3. The second kappa shape index (κ2) is 6.10. The number of benzene rings is 1. The van der Waals surface area contributed by atoms with Crippen molar-refractivity contribution in [3.63, 3.8) is 0 Å². The van der Waals surface area contributed by atoms with Gasteiger partial charge in [0.2, 0.25) is 12.2 Å². The maximum atomic E-state index is 12.6. The van der Waals surface area contributed by atoms with Crippen LogP contribution in [0.25, 0.3) is 10.9 Å². The van der Waals surface area contributed by atoms with E-state index in [1.807, 2.05) is 6.92 Å². The van der Waals surface area contributed by atoms with Crippen molar-refractivity contribution in [1.29, 1.82) is 5.26 Å². The number of nitrogens with zero attached hydrogens (tertiary/aromatic N) is 4. The topological polar surface area (TPSA) is 117 Å². The van der Waals surface area contributed by atoms with Gasteiger partial charge in [0.15, 0.2) is 0 Å². The number of hydrogen-bond acceptors (Lipinski definition) is 4. The average Bonchev–Trinajstić information content (AvgIpc) is 2.48. The molecule has 1 aromatic heterocycles. The van der Waals surface area contributed by atoms with E-state index < -0.39 is 0 Å². The van der Waals surface area contributed by atoms with Crippen molar-refractivity contribution in [2.45, 2.75) is 20.4 Å². The number of hydrogen-bond donors (Lipinski definition) is 2. The number of aliphatic imine (C=N–C) groups is 2. The summed E-state index contributed by atoms with van der Waals surface area (Å²) < 4.78 is 1.54. The number of pyridine rings is 1. The van der Waals surface area contributed by atoms with Gasteiger partial charge in [0.25, 0.3) is 5.56 Å². The first-order chi connectivity index (χ1) is 10.5. The number of aromatic nitrogens is 1. The van der Waals surface area contributed by atoms with E-state index in [9.17, 15) is 9.90 Å². The highest BCUT2D eigenvalue weighted by Gasteiger charge is 2.17. The normalized spacial score (nSPS) is 12.4. The molecule has 1 heterocycles. The highest BCUT2D eigenvalue weighted by Crippen LogP contribution is 2.26. The first-order valence-electron chi connectivity index (χ1n) is 6.63. The number of aryl methyl sites for hydroxylation is 1. The van der Waals surface area contributed by atoms with Crippen molar-refractivity contribution >= 4 is 22.6 Å². The van der Waals surface area contributed by atoms with Crippen molar-refractivity contribution in [3.8, 4) is 11.9 Å². The van der Waals surface area contributed by atoms with E-state index in [0.29, 0.717) is 17.4 Å². The molecule has 0 amide bonds. The maximum Gasteiger partial charge on any atom is 0.263 e. The lowest BCUT2D eigenvalue weighted by Gasteiger charge is -2.13. The molecule has 7 heteroatoms. The molecule has 0 radical (unpaired) electrons. The smallest absolute Gasteiger partial charge is 0.263 e. The Balaban J connectivity index is 2.83. The third-order valence-electron chi connectivity index (χ3n) is 3.27. The van der Waals surface area contributed by atoms with Crippen molar-refractivity contribution in [2.24, 2.45) is 15.7 Å². The molecular weight excluding hydrogens is 282 g/mol. The van der Waals surface area contributed by atoms with Gasteiger partial charge in [-0.2, -0.15) is 5.26 Å². The van der Waals surface area contributed by atoms with E-state index in [1.54, 1.807) is 28.8 Å². The molecule has 0 bridgehead atoms. The van der Waals surface area contributed by atoms with Gasteiger partial charge in [-0.05, 0) is 26.0 Å². The summed E-state index contributed by atoms with van der Waals surface area (Å²) in [5, 5.41) is 19.4. The molecule has 0 saturated carbocycles. The summed E-state index contributed by atoms with van der Waals surface area (Å²) in [6.45, 7) is 3.82. The Labute approximate surface area is 126 Å². The van der Waals surface area contributed by atoms with Crippen LogP contribution in [0.3, 0.4) is 0 Å². The molecular formula is C15H15N5O2. The van der Waals surface area contributed by atoms with Crippen molar-refractivity contribution < 1.29 is 5.11 Å². The summed E-state index contributed by atoms with van der Waals surface area (Å²) in [6.07, 6.45) is 1.52. The number of aromatic hydroxyl groups is 1. The van der Waals surface area contributed by atoms with Crippen LogP contribution in [0.1, 0.15) is 19.4 Å². The molecule has 1 aromatic carbocycles. The Kier molecular flexibility index (Phi) is 4.23. The minimum atomic E-state index is -0.371. The first-order valence-corrected chi connectivity index (χ1v) is 6.63. The molecule has 112 valence electrons. The summed E-state index contributed by atoms with van der Waals surface area (Å²) in [6, 6.07) is 7.06. The fourth-order valence-corrected chi connectivity index (χ4v) is 2.33. The third kappa shape index (κ3) is 2.54. The number of nitriles is 1. The molecule has 0 saturated heterocycles. The van der Waals surface area contributed by atoms with Crippen LogP contribution in [0.15, 0.2) is 39.0 Å². The van der Waals surface area contributed by atoms with E-state index in [-0.39, 0.29) is 28.5 Å². The highest BCUT2D eigenvalue weighted by atomic mass is 16.3. The van der Waals surface area contributed by atoms with Gasteiger partial charge in [-0.15, -0.1) is 4.99 Å². The molecule has 0 unspecified atom stereocenters. The van der Waals surface area contributed by atoms with Crippen LogP contribution in [-0.2, 0) is 6.54 Å². The Bertz CT molecular complexity index is 887. The molecule has 2 rings (SSSR count). The Morgan fingerprint density at radius 1 is 1.45 bits per heavy atom. The summed E-state index contributed by atoms with van der Waals surface area (Å²) in [5.41, 5.74) is 5.98. The predicted octanol–water partition coefficient (Wildman–Crippen LogP) is 1.33. The second-order valence-electron chi connectivity index (χ2n) is 4.56. The molecule has 22 heavy (non-hydrogen) atoms. The van der Waals surface area contributed by atoms with Gasteiger partial charge in [-0.25, -0.2) is 4.99 Å². The standard InChI is InChI=1S/C15H15N5O2/c1-3-20-11-7-5-4-6-10(11)13(21)12(14(20)22)9(2)19-15(17)18-8-16/h4-7,21H,3H2,1-2H3,(H2,17,18). The highest BCUT2D eigenvalue weighted by molar-refractivity contribution is 6.09. The van der Waals surface area contributed by atoms with Crippen LogP contribution in [0.4, 0.5) is 0 Å². The largest absolute Gasteiger partial charge is 0.506 e. The zero-order valence-electron chi connectivity index (χ0n) is 12.2. The lowest BCUT2D eigenvalue weighted by molar-refractivity contribution is 0.477. The van der Waals surface area contributed by atoms with E-state index in [2.05, 4.69) is 9.98 Å². The van der Waals surface area contributed by atoms with Crippen LogP contribution >= 0.6 is 0 Å². The van der Waals surface area contributed by atoms with Crippen molar-refractivity contribution in [3.05, 3.63) is 40.2 Å². The second-order valence-corrected chi connectivity index (χ2v) is 4.56. The van der Waals surface area contributed by atoms with E-state index >= 15 is 0 Å². The van der Waals surface area contributed by atoms with Gasteiger partial charge < -0.3 is 15.4 Å². The van der Waals surface area contributed by atoms with Crippen molar-refractivity contribution in [2.75, 3.05) is 0 Å². The Morgan fingerprint density at radius 3 is 2.77 bits per heavy atom. The Morgan fingerprint density at radius 2 is 2.14 bits per heavy atom. The van der Waals surface area contributed by atoms with Gasteiger partial charge in [0, 0.05) is 11.9 Å². The quantitative estimate of drug-likeness (QED) is 0.494. The number of fused-ring (bicyclic) bond motifs is 1. The molecule has 0 atom stereocenters. The van der Waals surface area contributed by atoms with Crippen LogP contribution in [0.5, 0.6) is 5.75 Å². The van der Waals surface area contributed by atoms with Crippen molar-refractivity contribution in [1.82, 2.24) is 4.57 Å². The Hall–Kier alpha value is -3.14. The number of para-hydroxylation sites is 1. The SMILES string of the molecule is CCn1c(=O)c(C(C)=NC(N)=NC#N)c(O)c2ccccc21. The van der Waals surface area contributed by atoms with Gasteiger partial charge in [-0.3, -0.25) is 4.79 Å². The van der Waals surface area contributed by atoms with E-state index in [4.69, 9.17) is 11.0 Å². The molecule has 0 aliphatic carbocycles. The van der Waals surface area contributed by atoms with Gasteiger partial charge >= 0.3 is 0 Å². The minimum Gasteiger partial charge on any atom is -0.506 e. The maximum absolute atomic E-state index is 12.6. The minimum absolute atomic E-state index is 0.0524. The number of rotatable bonds is 2. The molecule has 0 aliphatic rings. The van der Waals surface area contributed by atoms with E-state index in [0.717, 1.165) is 0 Å². The van der Waals surface area contributed by atoms with E-state index in [1.165, 1.54) is 13.1 Å². The van der Waals surface area contributed by atoms with Crippen LogP contribution < -0.4 is 11.3 Å². The zero-order valence-corrected chi connectivity index (χ0v) is 12.2. The average molecular weight is 297 g/mol. The molecule has 0 fully saturated rings. The molecule has 0 aliphatic heterocycles. The molecule has 2 aromatic rings. The predicted molar refractivity (Wildman–Crippen MR) is 85.0 cm³/mol. The number of guanidine groups is 1. The number of nitrogens with two attached hydrogens (primary N) is 1. The fraction of sp³-hybridized carbons (Fsp3) is 0.200. The summed E-state index contributed by atoms with van der Waals surface area (Å²) >= 11 is 0. The van der Waals surface area contributed by atoms with Crippen LogP contribution in [0.2, 0.25) is 0 Å². The molecule has 3 N–H and O–H groups in total. The summed E-state index contributed by atoms with van der Waals surface area (Å²) in [4.78, 5) is 19.8. The monoisotopic (exact) mass is 297 g/mol. The summed E-state index contributed by atoms with van der Waals surface area (Å²) in [5.74, 6) is -0.425. The van der Waals surface area contributed by atoms with Gasteiger partial charge in [0.1, 0.15) is 11.3 Å².